The zero-order valence-corrected chi connectivity index (χ0v) is 12.8. The quantitative estimate of drug-likeness (QED) is 0.903. The number of benzene rings is 1. The summed E-state index contributed by atoms with van der Waals surface area (Å²) >= 11 is 12.3. The van der Waals surface area contributed by atoms with Crippen molar-refractivity contribution >= 4 is 23.2 Å². The third kappa shape index (κ3) is 3.00. The van der Waals surface area contributed by atoms with Crippen LogP contribution in [0.15, 0.2) is 30.7 Å². The van der Waals surface area contributed by atoms with Crippen LogP contribution in [0.3, 0.4) is 0 Å². The molecule has 1 aliphatic rings. The summed E-state index contributed by atoms with van der Waals surface area (Å²) in [6.45, 7) is 2.97. The van der Waals surface area contributed by atoms with Gasteiger partial charge in [0.2, 0.25) is 0 Å². The van der Waals surface area contributed by atoms with Crippen LogP contribution in [-0.4, -0.2) is 15.6 Å². The Kier molecular flexibility index (Phi) is 4.01. The lowest BCUT2D eigenvalue weighted by molar-refractivity contribution is 0.574. The van der Waals surface area contributed by atoms with E-state index in [0.29, 0.717) is 16.1 Å². The van der Waals surface area contributed by atoms with Crippen molar-refractivity contribution < 1.29 is 0 Å². The summed E-state index contributed by atoms with van der Waals surface area (Å²) in [7, 11) is 0. The van der Waals surface area contributed by atoms with Crippen molar-refractivity contribution in [2.75, 3.05) is 0 Å². The van der Waals surface area contributed by atoms with Crippen molar-refractivity contribution in [3.63, 3.8) is 0 Å². The van der Waals surface area contributed by atoms with E-state index in [0.717, 1.165) is 12.1 Å². The molecule has 3 rings (SSSR count). The third-order valence-corrected chi connectivity index (χ3v) is 4.29. The number of hydrogen-bond donors (Lipinski definition) is 1. The summed E-state index contributed by atoms with van der Waals surface area (Å²) in [6.07, 6.45) is 6.34. The normalized spacial score (nSPS) is 16.4. The lowest BCUT2D eigenvalue weighted by Crippen LogP contribution is -2.19. The Morgan fingerprint density at radius 3 is 2.90 bits per heavy atom. The van der Waals surface area contributed by atoms with Gasteiger partial charge in [0.05, 0.1) is 18.1 Å². The molecule has 1 heterocycles. The van der Waals surface area contributed by atoms with Gasteiger partial charge in [0.25, 0.3) is 0 Å². The average molecular weight is 310 g/mol. The molecular weight excluding hydrogens is 293 g/mol. The van der Waals surface area contributed by atoms with Gasteiger partial charge in [-0.15, -0.1) is 0 Å². The molecule has 3 nitrogen and oxygen atoms in total. The van der Waals surface area contributed by atoms with Gasteiger partial charge in [-0.25, -0.2) is 4.98 Å². The third-order valence-electron chi connectivity index (χ3n) is 3.73. The predicted octanol–water partition coefficient (Wildman–Crippen LogP) is 4.05. The summed E-state index contributed by atoms with van der Waals surface area (Å²) in [6, 6.07) is 6.46. The Morgan fingerprint density at radius 2 is 2.20 bits per heavy atom. The van der Waals surface area contributed by atoms with Crippen molar-refractivity contribution in [1.29, 1.82) is 0 Å². The standard InChI is InChI=1S/C15H17Cl2N3/c1-10(14-5-2-11(16)6-15(14)17)20-9-18-7-13(20)8-19-12-3-4-12/h2,5-7,9-10,12,19H,3-4,8H2,1H3. The van der Waals surface area contributed by atoms with Gasteiger partial charge in [0.15, 0.2) is 0 Å². The van der Waals surface area contributed by atoms with Gasteiger partial charge in [0.1, 0.15) is 0 Å². The van der Waals surface area contributed by atoms with Crippen molar-refractivity contribution in [3.8, 4) is 0 Å². The fourth-order valence-electron chi connectivity index (χ4n) is 2.34. The number of halogens is 2. The van der Waals surface area contributed by atoms with Crippen LogP contribution in [0.25, 0.3) is 0 Å². The number of rotatable bonds is 5. The minimum absolute atomic E-state index is 0.137. The number of hydrogen-bond acceptors (Lipinski definition) is 2. The van der Waals surface area contributed by atoms with E-state index < -0.39 is 0 Å². The van der Waals surface area contributed by atoms with Gasteiger partial charge in [-0.1, -0.05) is 29.3 Å². The molecule has 1 saturated carbocycles. The molecule has 0 radical (unpaired) electrons. The first kappa shape index (κ1) is 13.9. The molecular formula is C15H17Cl2N3. The first-order valence-electron chi connectivity index (χ1n) is 6.84. The fourth-order valence-corrected chi connectivity index (χ4v) is 2.91. The molecule has 1 aromatic carbocycles. The maximum Gasteiger partial charge on any atom is 0.0954 e. The topological polar surface area (TPSA) is 29.9 Å². The number of nitrogens with one attached hydrogen (secondary N) is 1. The van der Waals surface area contributed by atoms with Crippen molar-refractivity contribution in [3.05, 3.63) is 52.0 Å². The Hall–Kier alpha value is -1.03. The molecule has 1 fully saturated rings. The zero-order chi connectivity index (χ0) is 14.1. The van der Waals surface area contributed by atoms with Gasteiger partial charge < -0.3 is 9.88 Å². The maximum atomic E-state index is 6.30. The molecule has 20 heavy (non-hydrogen) atoms. The minimum Gasteiger partial charge on any atom is -0.326 e. The van der Waals surface area contributed by atoms with E-state index >= 15 is 0 Å². The number of imidazole rings is 1. The summed E-state index contributed by atoms with van der Waals surface area (Å²) in [5.41, 5.74) is 2.23. The molecule has 1 atom stereocenters. The van der Waals surface area contributed by atoms with Gasteiger partial charge >= 0.3 is 0 Å². The molecule has 1 unspecified atom stereocenters. The van der Waals surface area contributed by atoms with Crippen LogP contribution in [-0.2, 0) is 6.54 Å². The highest BCUT2D eigenvalue weighted by molar-refractivity contribution is 6.35. The second kappa shape index (κ2) is 5.76. The lowest BCUT2D eigenvalue weighted by atomic mass is 10.1. The molecule has 0 aliphatic heterocycles. The lowest BCUT2D eigenvalue weighted by Gasteiger charge is -2.18. The van der Waals surface area contributed by atoms with E-state index in [2.05, 4.69) is 21.8 Å². The van der Waals surface area contributed by atoms with Crippen molar-refractivity contribution in [2.24, 2.45) is 0 Å². The molecule has 0 saturated heterocycles. The highest BCUT2D eigenvalue weighted by atomic mass is 35.5. The SMILES string of the molecule is CC(c1ccc(Cl)cc1Cl)n1cncc1CNC1CC1. The number of aromatic nitrogens is 2. The van der Waals surface area contributed by atoms with Crippen LogP contribution >= 0.6 is 23.2 Å². The second-order valence-electron chi connectivity index (χ2n) is 5.29. The van der Waals surface area contributed by atoms with Crippen LogP contribution in [0.5, 0.6) is 0 Å². The van der Waals surface area contributed by atoms with Crippen LogP contribution < -0.4 is 5.32 Å². The van der Waals surface area contributed by atoms with E-state index in [1.165, 1.54) is 18.5 Å². The molecule has 0 spiro atoms. The molecule has 1 N–H and O–H groups in total. The molecule has 1 aromatic heterocycles. The molecule has 5 heteroatoms. The zero-order valence-electron chi connectivity index (χ0n) is 11.3. The number of nitrogens with zero attached hydrogens (tertiary/aromatic N) is 2. The van der Waals surface area contributed by atoms with Crippen LogP contribution in [0.1, 0.15) is 37.1 Å². The average Bonchev–Trinajstić information content (AvgIpc) is 3.12. The highest BCUT2D eigenvalue weighted by Crippen LogP contribution is 2.29. The molecule has 0 amide bonds. The molecule has 1 aliphatic carbocycles. The van der Waals surface area contributed by atoms with E-state index in [9.17, 15) is 0 Å². The largest absolute Gasteiger partial charge is 0.326 e. The van der Waals surface area contributed by atoms with E-state index in [1.54, 1.807) is 6.07 Å². The maximum absolute atomic E-state index is 6.30. The molecule has 106 valence electrons. The Balaban J connectivity index is 1.82. The first-order chi connectivity index (χ1) is 9.65. The Morgan fingerprint density at radius 1 is 1.40 bits per heavy atom. The van der Waals surface area contributed by atoms with Gasteiger partial charge in [0, 0.05) is 28.8 Å². The summed E-state index contributed by atoms with van der Waals surface area (Å²) in [5.74, 6) is 0. The van der Waals surface area contributed by atoms with E-state index in [4.69, 9.17) is 23.2 Å². The van der Waals surface area contributed by atoms with E-state index in [-0.39, 0.29) is 6.04 Å². The first-order valence-corrected chi connectivity index (χ1v) is 7.60. The second-order valence-corrected chi connectivity index (χ2v) is 6.13. The Bertz CT molecular complexity index is 605. The predicted molar refractivity (Wildman–Crippen MR) is 82.4 cm³/mol. The summed E-state index contributed by atoms with van der Waals surface area (Å²) in [5, 5.41) is 4.87. The monoisotopic (exact) mass is 309 g/mol. The summed E-state index contributed by atoms with van der Waals surface area (Å²) in [4.78, 5) is 4.27. The van der Waals surface area contributed by atoms with Gasteiger partial charge in [-0.2, -0.15) is 0 Å². The van der Waals surface area contributed by atoms with Crippen LogP contribution in [0.4, 0.5) is 0 Å². The summed E-state index contributed by atoms with van der Waals surface area (Å²) < 4.78 is 2.16. The Labute approximate surface area is 128 Å². The van der Waals surface area contributed by atoms with Crippen molar-refractivity contribution in [2.45, 2.75) is 38.4 Å². The van der Waals surface area contributed by atoms with Crippen LogP contribution in [0, 0.1) is 0 Å². The smallest absolute Gasteiger partial charge is 0.0954 e. The molecule has 0 bridgehead atoms. The van der Waals surface area contributed by atoms with Gasteiger partial charge in [-0.05, 0) is 37.5 Å². The van der Waals surface area contributed by atoms with E-state index in [1.807, 2.05) is 24.7 Å². The minimum atomic E-state index is 0.137. The van der Waals surface area contributed by atoms with Crippen molar-refractivity contribution in [1.82, 2.24) is 14.9 Å². The fraction of sp³-hybridized carbons (Fsp3) is 0.400. The van der Waals surface area contributed by atoms with Gasteiger partial charge in [-0.3, -0.25) is 0 Å². The van der Waals surface area contributed by atoms with Crippen LogP contribution in [0.2, 0.25) is 10.0 Å². The highest BCUT2D eigenvalue weighted by Gasteiger charge is 2.21. The molecule has 2 aromatic rings.